The van der Waals surface area contributed by atoms with Crippen molar-refractivity contribution in [3.8, 4) is 0 Å². The second-order valence-electron chi connectivity index (χ2n) is 5.40. The molecule has 0 aromatic heterocycles. The summed E-state index contributed by atoms with van der Waals surface area (Å²) in [5.41, 5.74) is 1.80. The van der Waals surface area contributed by atoms with E-state index in [2.05, 4.69) is 5.32 Å². The van der Waals surface area contributed by atoms with Gasteiger partial charge < -0.3 is 19.7 Å². The second-order valence-corrected chi connectivity index (χ2v) is 5.40. The number of ether oxygens (including phenoxy) is 2. The third kappa shape index (κ3) is 4.71. The molecule has 2 rings (SSSR count). The number of carbonyl (C=O) groups excluding carboxylic acids is 1. The van der Waals surface area contributed by atoms with Crippen LogP contribution in [0.25, 0.3) is 0 Å². The van der Waals surface area contributed by atoms with E-state index in [1.54, 1.807) is 4.90 Å². The van der Waals surface area contributed by atoms with Crippen molar-refractivity contribution in [1.29, 1.82) is 0 Å². The van der Waals surface area contributed by atoms with Gasteiger partial charge in [0.15, 0.2) is 0 Å². The van der Waals surface area contributed by atoms with Crippen molar-refractivity contribution in [2.45, 2.75) is 39.4 Å². The normalized spacial score (nSPS) is 17.5. The van der Waals surface area contributed by atoms with Crippen LogP contribution in [0, 0.1) is 0 Å². The third-order valence-electron chi connectivity index (χ3n) is 3.84. The lowest BCUT2D eigenvalue weighted by Crippen LogP contribution is -2.40. The molecule has 2 amide bonds. The van der Waals surface area contributed by atoms with Gasteiger partial charge in [-0.25, -0.2) is 4.79 Å². The smallest absolute Gasteiger partial charge is 0.321 e. The highest BCUT2D eigenvalue weighted by atomic mass is 16.5. The first-order chi connectivity index (χ1) is 10.7. The van der Waals surface area contributed by atoms with E-state index >= 15 is 0 Å². The summed E-state index contributed by atoms with van der Waals surface area (Å²) in [6, 6.07) is 7.67. The lowest BCUT2D eigenvalue weighted by molar-refractivity contribution is 0.0849. The van der Waals surface area contributed by atoms with Crippen LogP contribution in [0.2, 0.25) is 0 Å². The Labute approximate surface area is 132 Å². The van der Waals surface area contributed by atoms with Gasteiger partial charge in [-0.15, -0.1) is 0 Å². The van der Waals surface area contributed by atoms with Gasteiger partial charge in [0.25, 0.3) is 0 Å². The number of urea groups is 1. The molecular formula is C17H26N2O3. The molecule has 122 valence electrons. The first-order valence-corrected chi connectivity index (χ1v) is 8.07. The van der Waals surface area contributed by atoms with E-state index in [-0.39, 0.29) is 12.1 Å². The van der Waals surface area contributed by atoms with E-state index in [1.807, 2.05) is 38.1 Å². The van der Waals surface area contributed by atoms with Gasteiger partial charge in [-0.2, -0.15) is 0 Å². The minimum atomic E-state index is -0.0815. The Morgan fingerprint density at radius 1 is 1.41 bits per heavy atom. The maximum atomic E-state index is 12.5. The van der Waals surface area contributed by atoms with Crippen LogP contribution >= 0.6 is 0 Å². The van der Waals surface area contributed by atoms with Crippen molar-refractivity contribution in [3.63, 3.8) is 0 Å². The van der Waals surface area contributed by atoms with Crippen LogP contribution in [-0.4, -0.2) is 43.3 Å². The Bertz CT molecular complexity index is 473. The molecule has 0 saturated carbocycles. The number of carbonyl (C=O) groups is 1. The zero-order valence-electron chi connectivity index (χ0n) is 13.5. The van der Waals surface area contributed by atoms with Gasteiger partial charge in [0.05, 0.1) is 12.7 Å². The number of likely N-dealkylation sites (N-methyl/N-ethyl adjacent to an activating group) is 1. The Balaban J connectivity index is 1.97. The van der Waals surface area contributed by atoms with Crippen LogP contribution in [-0.2, 0) is 16.1 Å². The molecule has 0 spiro atoms. The first-order valence-electron chi connectivity index (χ1n) is 8.07. The number of benzene rings is 1. The Morgan fingerprint density at radius 2 is 2.23 bits per heavy atom. The summed E-state index contributed by atoms with van der Waals surface area (Å²) in [6.45, 7) is 7.23. The molecule has 0 bridgehead atoms. The maximum Gasteiger partial charge on any atom is 0.321 e. The zero-order valence-corrected chi connectivity index (χ0v) is 13.5. The molecule has 1 aromatic carbocycles. The quantitative estimate of drug-likeness (QED) is 0.841. The standard InChI is InChI=1S/C17H26N2O3/c1-3-19(12-15-9-7-11-22-15)17(20)18-16-10-6-5-8-14(16)13-21-4-2/h5-6,8,10,15H,3-4,7,9,11-13H2,1-2H3,(H,18,20)/t15-/m0/s1. The fraction of sp³-hybridized carbons (Fsp3) is 0.588. The zero-order chi connectivity index (χ0) is 15.8. The van der Waals surface area contributed by atoms with Crippen LogP contribution < -0.4 is 5.32 Å². The molecule has 1 aromatic rings. The highest BCUT2D eigenvalue weighted by Crippen LogP contribution is 2.18. The fourth-order valence-corrected chi connectivity index (χ4v) is 2.56. The molecule has 5 heteroatoms. The van der Waals surface area contributed by atoms with Gasteiger partial charge in [-0.1, -0.05) is 18.2 Å². The van der Waals surface area contributed by atoms with Crippen molar-refractivity contribution >= 4 is 11.7 Å². The van der Waals surface area contributed by atoms with Crippen molar-refractivity contribution in [1.82, 2.24) is 4.90 Å². The lowest BCUT2D eigenvalue weighted by Gasteiger charge is -2.24. The molecule has 1 atom stereocenters. The summed E-state index contributed by atoms with van der Waals surface area (Å²) in [5.74, 6) is 0. The number of amides is 2. The molecule has 0 aliphatic carbocycles. The van der Waals surface area contributed by atoms with Gasteiger partial charge in [0.2, 0.25) is 0 Å². The number of hydrogen-bond donors (Lipinski definition) is 1. The molecule has 22 heavy (non-hydrogen) atoms. The molecule has 1 aliphatic rings. The van der Waals surface area contributed by atoms with E-state index in [0.717, 1.165) is 30.7 Å². The average Bonchev–Trinajstić information content (AvgIpc) is 3.04. The van der Waals surface area contributed by atoms with E-state index in [0.29, 0.717) is 26.3 Å². The van der Waals surface area contributed by atoms with Crippen molar-refractivity contribution < 1.29 is 14.3 Å². The molecular weight excluding hydrogens is 280 g/mol. The number of hydrogen-bond acceptors (Lipinski definition) is 3. The summed E-state index contributed by atoms with van der Waals surface area (Å²) in [7, 11) is 0. The summed E-state index contributed by atoms with van der Waals surface area (Å²) in [4.78, 5) is 14.3. The number of rotatable bonds is 7. The van der Waals surface area contributed by atoms with Crippen LogP contribution in [0.4, 0.5) is 10.5 Å². The highest BCUT2D eigenvalue weighted by Gasteiger charge is 2.21. The number of anilines is 1. The Morgan fingerprint density at radius 3 is 2.91 bits per heavy atom. The number of nitrogens with zero attached hydrogens (tertiary/aromatic N) is 1. The largest absolute Gasteiger partial charge is 0.377 e. The first kappa shape index (κ1) is 16.8. The fourth-order valence-electron chi connectivity index (χ4n) is 2.56. The molecule has 1 saturated heterocycles. The SMILES string of the molecule is CCOCc1ccccc1NC(=O)N(CC)C[C@@H]1CCCO1. The van der Waals surface area contributed by atoms with Crippen molar-refractivity contribution in [2.24, 2.45) is 0 Å². The second kappa shape index (κ2) is 8.76. The maximum absolute atomic E-state index is 12.5. The van der Waals surface area contributed by atoms with Crippen LogP contribution in [0.3, 0.4) is 0 Å². The molecule has 1 fully saturated rings. The average molecular weight is 306 g/mol. The lowest BCUT2D eigenvalue weighted by atomic mass is 10.2. The van der Waals surface area contributed by atoms with Crippen LogP contribution in [0.5, 0.6) is 0 Å². The number of nitrogens with one attached hydrogen (secondary N) is 1. The summed E-state index contributed by atoms with van der Waals surface area (Å²) < 4.78 is 11.1. The minimum Gasteiger partial charge on any atom is -0.377 e. The predicted octanol–water partition coefficient (Wildman–Crippen LogP) is 3.26. The summed E-state index contributed by atoms with van der Waals surface area (Å²) >= 11 is 0. The van der Waals surface area contributed by atoms with E-state index in [4.69, 9.17) is 9.47 Å². The van der Waals surface area contributed by atoms with Crippen LogP contribution in [0.15, 0.2) is 24.3 Å². The van der Waals surface area contributed by atoms with Crippen molar-refractivity contribution in [2.75, 3.05) is 31.6 Å². The van der Waals surface area contributed by atoms with E-state index < -0.39 is 0 Å². The predicted molar refractivity (Wildman–Crippen MR) is 87.0 cm³/mol. The molecule has 5 nitrogen and oxygen atoms in total. The van der Waals surface area contributed by atoms with Gasteiger partial charge >= 0.3 is 6.03 Å². The monoisotopic (exact) mass is 306 g/mol. The Kier molecular flexibility index (Phi) is 6.68. The molecule has 1 aliphatic heterocycles. The minimum absolute atomic E-state index is 0.0815. The molecule has 1 N–H and O–H groups in total. The van der Waals surface area contributed by atoms with Gasteiger partial charge in [0, 0.05) is 37.6 Å². The topological polar surface area (TPSA) is 50.8 Å². The van der Waals surface area contributed by atoms with E-state index in [9.17, 15) is 4.79 Å². The molecule has 0 radical (unpaired) electrons. The van der Waals surface area contributed by atoms with Gasteiger partial charge in [-0.05, 0) is 32.8 Å². The summed E-state index contributed by atoms with van der Waals surface area (Å²) in [6.07, 6.45) is 2.29. The van der Waals surface area contributed by atoms with Gasteiger partial charge in [-0.3, -0.25) is 0 Å². The van der Waals surface area contributed by atoms with Crippen LogP contribution in [0.1, 0.15) is 32.3 Å². The van der Waals surface area contributed by atoms with E-state index in [1.165, 1.54) is 0 Å². The molecule has 1 heterocycles. The third-order valence-corrected chi connectivity index (χ3v) is 3.84. The summed E-state index contributed by atoms with van der Waals surface area (Å²) in [5, 5.41) is 3.00. The van der Waals surface area contributed by atoms with Gasteiger partial charge in [0.1, 0.15) is 0 Å². The molecule has 0 unspecified atom stereocenters. The van der Waals surface area contributed by atoms with Crippen molar-refractivity contribution in [3.05, 3.63) is 29.8 Å². The highest BCUT2D eigenvalue weighted by molar-refractivity contribution is 5.90. The number of para-hydroxylation sites is 1. The Hall–Kier alpha value is -1.59.